The SMILES string of the molecule is COc1ccc(Cl)cc1S(=O)(=O)N1CCN(c2nc(Cc3ccc(Cl)c(Cl)c3)cs2)CC1. The lowest BCUT2D eigenvalue weighted by atomic mass is 10.1. The number of nitrogens with zero attached hydrogens (tertiary/aromatic N) is 3. The summed E-state index contributed by atoms with van der Waals surface area (Å²) < 4.78 is 33.0. The van der Waals surface area contributed by atoms with Crippen LogP contribution in [0.1, 0.15) is 11.3 Å². The molecule has 1 aliphatic rings. The average Bonchev–Trinajstić information content (AvgIpc) is 3.25. The lowest BCUT2D eigenvalue weighted by Crippen LogP contribution is -2.48. The van der Waals surface area contributed by atoms with E-state index in [0.29, 0.717) is 47.7 Å². The van der Waals surface area contributed by atoms with Gasteiger partial charge in [0.2, 0.25) is 10.0 Å². The molecule has 1 saturated heterocycles. The van der Waals surface area contributed by atoms with E-state index in [4.69, 9.17) is 44.5 Å². The molecule has 2 aromatic carbocycles. The number of anilines is 1. The summed E-state index contributed by atoms with van der Waals surface area (Å²) in [6, 6.07) is 10.2. The second-order valence-corrected chi connectivity index (χ2v) is 11.2. The second kappa shape index (κ2) is 9.75. The first-order valence-electron chi connectivity index (χ1n) is 9.75. The van der Waals surface area contributed by atoms with Gasteiger partial charge in [-0.15, -0.1) is 11.3 Å². The Kier molecular flexibility index (Phi) is 7.19. The van der Waals surface area contributed by atoms with E-state index in [1.54, 1.807) is 29.5 Å². The average molecular weight is 533 g/mol. The maximum Gasteiger partial charge on any atom is 0.246 e. The molecule has 0 atom stereocenters. The van der Waals surface area contributed by atoms with Crippen LogP contribution < -0.4 is 9.64 Å². The monoisotopic (exact) mass is 531 g/mol. The Morgan fingerprint density at radius 2 is 1.78 bits per heavy atom. The topological polar surface area (TPSA) is 62.7 Å². The van der Waals surface area contributed by atoms with Crippen LogP contribution in [0.5, 0.6) is 5.75 Å². The van der Waals surface area contributed by atoms with Gasteiger partial charge in [0, 0.05) is 43.0 Å². The van der Waals surface area contributed by atoms with Crippen LogP contribution in [0.15, 0.2) is 46.7 Å². The van der Waals surface area contributed by atoms with Crippen molar-refractivity contribution in [1.82, 2.24) is 9.29 Å². The van der Waals surface area contributed by atoms with E-state index in [1.807, 2.05) is 17.5 Å². The van der Waals surface area contributed by atoms with Gasteiger partial charge in [-0.25, -0.2) is 13.4 Å². The zero-order valence-electron chi connectivity index (χ0n) is 17.1. The van der Waals surface area contributed by atoms with Crippen LogP contribution in [0.2, 0.25) is 15.1 Å². The molecule has 0 N–H and O–H groups in total. The predicted molar refractivity (Wildman–Crippen MR) is 130 cm³/mol. The fourth-order valence-corrected chi connectivity index (χ4v) is 6.53. The summed E-state index contributed by atoms with van der Waals surface area (Å²) in [7, 11) is -2.28. The number of piperazine rings is 1. The van der Waals surface area contributed by atoms with Crippen LogP contribution in [-0.4, -0.2) is 51.0 Å². The van der Waals surface area contributed by atoms with E-state index in [1.165, 1.54) is 17.5 Å². The minimum Gasteiger partial charge on any atom is -0.495 e. The van der Waals surface area contributed by atoms with Crippen LogP contribution in [0.4, 0.5) is 5.13 Å². The van der Waals surface area contributed by atoms with Crippen LogP contribution in [0.25, 0.3) is 0 Å². The van der Waals surface area contributed by atoms with Crippen LogP contribution in [0.3, 0.4) is 0 Å². The number of halogens is 3. The summed E-state index contributed by atoms with van der Waals surface area (Å²) in [5.41, 5.74) is 1.96. The highest BCUT2D eigenvalue weighted by Gasteiger charge is 2.31. The number of thiazole rings is 1. The van der Waals surface area contributed by atoms with Gasteiger partial charge >= 0.3 is 0 Å². The Morgan fingerprint density at radius 1 is 1.03 bits per heavy atom. The van der Waals surface area contributed by atoms with E-state index < -0.39 is 10.0 Å². The van der Waals surface area contributed by atoms with E-state index in [2.05, 4.69) is 4.90 Å². The Labute approximate surface area is 206 Å². The largest absolute Gasteiger partial charge is 0.495 e. The molecule has 1 fully saturated rings. The van der Waals surface area contributed by atoms with Gasteiger partial charge in [-0.05, 0) is 35.9 Å². The van der Waals surface area contributed by atoms with E-state index in [-0.39, 0.29) is 10.6 Å². The maximum atomic E-state index is 13.2. The fraction of sp³-hybridized carbons (Fsp3) is 0.286. The molecule has 0 bridgehead atoms. The smallest absolute Gasteiger partial charge is 0.246 e. The molecule has 1 aromatic heterocycles. The fourth-order valence-electron chi connectivity index (χ4n) is 3.49. The Bertz CT molecular complexity index is 1230. The first kappa shape index (κ1) is 23.6. The highest BCUT2D eigenvalue weighted by molar-refractivity contribution is 7.89. The number of rotatable bonds is 6. The molecule has 170 valence electrons. The zero-order chi connectivity index (χ0) is 22.9. The first-order chi connectivity index (χ1) is 15.3. The lowest BCUT2D eigenvalue weighted by molar-refractivity contribution is 0.374. The standard InChI is InChI=1S/C21H20Cl3N3O3S2/c1-30-19-5-3-15(22)12-20(19)32(28,29)27-8-6-26(7-9-27)21-25-16(13-31-21)10-14-2-4-17(23)18(24)11-14/h2-5,11-13H,6-10H2,1H3. The Hall–Kier alpha value is -1.55. The normalized spacial score (nSPS) is 15.2. The number of sulfonamides is 1. The molecule has 32 heavy (non-hydrogen) atoms. The van der Waals surface area contributed by atoms with Crippen molar-refractivity contribution in [3.8, 4) is 5.75 Å². The summed E-state index contributed by atoms with van der Waals surface area (Å²) in [5, 5.41) is 4.28. The predicted octanol–water partition coefficient (Wildman–Crippen LogP) is 5.21. The highest BCUT2D eigenvalue weighted by atomic mass is 35.5. The van der Waals surface area contributed by atoms with Crippen LogP contribution in [0, 0.1) is 0 Å². The molecule has 1 aliphatic heterocycles. The van der Waals surface area contributed by atoms with Crippen molar-refractivity contribution in [2.75, 3.05) is 38.2 Å². The third kappa shape index (κ3) is 5.00. The molecule has 3 aromatic rings. The van der Waals surface area contributed by atoms with Gasteiger partial charge in [0.25, 0.3) is 0 Å². The molecule has 0 aliphatic carbocycles. The van der Waals surface area contributed by atoms with E-state index in [9.17, 15) is 8.42 Å². The molecule has 0 spiro atoms. The van der Waals surface area contributed by atoms with Gasteiger partial charge in [0.15, 0.2) is 5.13 Å². The number of hydrogen-bond donors (Lipinski definition) is 0. The molecule has 0 unspecified atom stereocenters. The summed E-state index contributed by atoms with van der Waals surface area (Å²) in [4.78, 5) is 6.91. The minimum atomic E-state index is -3.72. The van der Waals surface area contributed by atoms with Crippen molar-refractivity contribution in [3.05, 3.63) is 68.1 Å². The number of methoxy groups -OCH3 is 1. The quantitative estimate of drug-likeness (QED) is 0.436. The van der Waals surface area contributed by atoms with Gasteiger partial charge in [-0.1, -0.05) is 40.9 Å². The zero-order valence-corrected chi connectivity index (χ0v) is 21.0. The van der Waals surface area contributed by atoms with Gasteiger partial charge in [0.05, 0.1) is 22.8 Å². The van der Waals surface area contributed by atoms with Crippen molar-refractivity contribution in [3.63, 3.8) is 0 Å². The number of benzene rings is 2. The summed E-state index contributed by atoms with van der Waals surface area (Å²) in [6.45, 7) is 1.78. The summed E-state index contributed by atoms with van der Waals surface area (Å²) >= 11 is 19.7. The first-order valence-corrected chi connectivity index (χ1v) is 13.2. The van der Waals surface area contributed by atoms with E-state index >= 15 is 0 Å². The van der Waals surface area contributed by atoms with Gasteiger partial charge in [-0.3, -0.25) is 0 Å². The van der Waals surface area contributed by atoms with Crippen molar-refractivity contribution < 1.29 is 13.2 Å². The third-order valence-corrected chi connectivity index (χ3v) is 9.01. The molecule has 2 heterocycles. The molecule has 6 nitrogen and oxygen atoms in total. The number of hydrogen-bond acceptors (Lipinski definition) is 6. The van der Waals surface area contributed by atoms with Gasteiger partial charge in [-0.2, -0.15) is 4.31 Å². The molecule has 4 rings (SSSR count). The number of aromatic nitrogens is 1. The highest BCUT2D eigenvalue weighted by Crippen LogP contribution is 2.31. The summed E-state index contributed by atoms with van der Waals surface area (Å²) in [5.74, 6) is 0.281. The van der Waals surface area contributed by atoms with E-state index in [0.717, 1.165) is 16.4 Å². The molecule has 0 saturated carbocycles. The molecular weight excluding hydrogens is 513 g/mol. The molecular formula is C21H20Cl3N3O3S2. The lowest BCUT2D eigenvalue weighted by Gasteiger charge is -2.34. The molecule has 0 amide bonds. The number of ether oxygens (including phenoxy) is 1. The molecule has 11 heteroatoms. The third-order valence-electron chi connectivity index (χ3n) is 5.16. The Balaban J connectivity index is 1.43. The maximum absolute atomic E-state index is 13.2. The minimum absolute atomic E-state index is 0.0825. The van der Waals surface area contributed by atoms with Gasteiger partial charge < -0.3 is 9.64 Å². The van der Waals surface area contributed by atoms with Crippen LogP contribution in [-0.2, 0) is 16.4 Å². The van der Waals surface area contributed by atoms with Crippen LogP contribution >= 0.6 is 46.1 Å². The Morgan fingerprint density at radius 3 is 2.47 bits per heavy atom. The van der Waals surface area contributed by atoms with Crippen molar-refractivity contribution >= 4 is 61.3 Å². The second-order valence-electron chi connectivity index (χ2n) is 7.23. The van der Waals surface area contributed by atoms with Crippen molar-refractivity contribution in [2.24, 2.45) is 0 Å². The summed E-state index contributed by atoms with van der Waals surface area (Å²) in [6.07, 6.45) is 0.649. The van der Waals surface area contributed by atoms with Crippen molar-refractivity contribution in [1.29, 1.82) is 0 Å². The van der Waals surface area contributed by atoms with Crippen molar-refractivity contribution in [2.45, 2.75) is 11.3 Å². The van der Waals surface area contributed by atoms with Gasteiger partial charge in [0.1, 0.15) is 10.6 Å². The molecule has 0 radical (unpaired) electrons.